The van der Waals surface area contributed by atoms with Gasteiger partial charge >= 0.3 is 0 Å². The molecule has 2 aliphatic heterocycles. The number of ether oxygens (including phenoxy) is 2. The van der Waals surface area contributed by atoms with Crippen LogP contribution in [0.15, 0.2) is 35.1 Å². The number of aromatic amines is 1. The summed E-state index contributed by atoms with van der Waals surface area (Å²) >= 11 is 0. The van der Waals surface area contributed by atoms with Gasteiger partial charge in [0.1, 0.15) is 11.6 Å². The van der Waals surface area contributed by atoms with Gasteiger partial charge in [-0.15, -0.1) is 0 Å². The predicted octanol–water partition coefficient (Wildman–Crippen LogP) is 2.31. The van der Waals surface area contributed by atoms with E-state index in [1.165, 1.54) is 5.56 Å². The molecular weight excluding hydrogens is 342 g/mol. The quantitative estimate of drug-likeness (QED) is 0.876. The molecule has 27 heavy (non-hydrogen) atoms. The van der Waals surface area contributed by atoms with Gasteiger partial charge in [-0.25, -0.2) is 4.98 Å². The predicted molar refractivity (Wildman–Crippen MR) is 103 cm³/mol. The number of aromatic nitrogens is 2. The number of nitrogens with zero attached hydrogens (tertiary/aromatic N) is 2. The fourth-order valence-corrected chi connectivity index (χ4v) is 4.41. The minimum atomic E-state index is -0.0753. The second-order valence-corrected chi connectivity index (χ2v) is 7.69. The average molecular weight is 369 g/mol. The highest BCUT2D eigenvalue weighted by molar-refractivity contribution is 5.33. The second kappa shape index (κ2) is 7.82. The SMILES string of the molecule is COc1ccc([C@@H]2CN(C[C@H]3CCOC3)C[C@H]2c2cc(=O)[nH]c(C)n2)cc1. The molecule has 3 atom stereocenters. The molecule has 2 aromatic rings. The van der Waals surface area contributed by atoms with Crippen LogP contribution >= 0.6 is 0 Å². The summed E-state index contributed by atoms with van der Waals surface area (Å²) in [7, 11) is 1.68. The normalized spacial score (nSPS) is 25.8. The summed E-state index contributed by atoms with van der Waals surface area (Å²) in [5, 5.41) is 0. The van der Waals surface area contributed by atoms with Gasteiger partial charge in [-0.3, -0.25) is 4.79 Å². The molecule has 1 aromatic carbocycles. The van der Waals surface area contributed by atoms with Gasteiger partial charge in [0.05, 0.1) is 19.4 Å². The number of rotatable bonds is 5. The van der Waals surface area contributed by atoms with Crippen molar-refractivity contribution in [1.29, 1.82) is 0 Å². The van der Waals surface area contributed by atoms with Gasteiger partial charge in [-0.2, -0.15) is 0 Å². The van der Waals surface area contributed by atoms with E-state index in [1.54, 1.807) is 13.2 Å². The Morgan fingerprint density at radius 1 is 1.26 bits per heavy atom. The van der Waals surface area contributed by atoms with E-state index in [0.717, 1.165) is 50.7 Å². The molecule has 144 valence electrons. The molecule has 0 spiro atoms. The topological polar surface area (TPSA) is 67.5 Å². The number of H-pyrrole nitrogens is 1. The van der Waals surface area contributed by atoms with Gasteiger partial charge in [0, 0.05) is 44.1 Å². The molecule has 2 fully saturated rings. The molecule has 1 aromatic heterocycles. The maximum atomic E-state index is 12.0. The van der Waals surface area contributed by atoms with Gasteiger partial charge in [0.15, 0.2) is 0 Å². The highest BCUT2D eigenvalue weighted by atomic mass is 16.5. The first kappa shape index (κ1) is 18.2. The Morgan fingerprint density at radius 3 is 2.70 bits per heavy atom. The molecule has 0 aliphatic carbocycles. The Morgan fingerprint density at radius 2 is 2.04 bits per heavy atom. The lowest BCUT2D eigenvalue weighted by Gasteiger charge is -2.19. The van der Waals surface area contributed by atoms with Crippen molar-refractivity contribution >= 4 is 0 Å². The van der Waals surface area contributed by atoms with Crippen LogP contribution in [-0.4, -0.2) is 54.8 Å². The molecule has 1 N–H and O–H groups in total. The zero-order chi connectivity index (χ0) is 18.8. The van der Waals surface area contributed by atoms with E-state index in [0.29, 0.717) is 17.7 Å². The summed E-state index contributed by atoms with van der Waals surface area (Å²) < 4.78 is 10.9. The van der Waals surface area contributed by atoms with Crippen molar-refractivity contribution in [2.24, 2.45) is 5.92 Å². The highest BCUT2D eigenvalue weighted by Gasteiger charge is 2.37. The number of methoxy groups -OCH3 is 1. The molecule has 4 rings (SSSR count). The summed E-state index contributed by atoms with van der Waals surface area (Å²) in [6, 6.07) is 9.96. The zero-order valence-electron chi connectivity index (χ0n) is 16.0. The van der Waals surface area contributed by atoms with Crippen molar-refractivity contribution in [3.8, 4) is 5.75 Å². The van der Waals surface area contributed by atoms with E-state index in [9.17, 15) is 4.79 Å². The van der Waals surface area contributed by atoms with Gasteiger partial charge < -0.3 is 19.4 Å². The maximum Gasteiger partial charge on any atom is 0.251 e. The molecule has 0 saturated carbocycles. The number of nitrogens with one attached hydrogen (secondary N) is 1. The third-order valence-electron chi connectivity index (χ3n) is 5.74. The Hall–Kier alpha value is -2.18. The van der Waals surface area contributed by atoms with Gasteiger partial charge in [0.25, 0.3) is 5.56 Å². The molecule has 0 unspecified atom stereocenters. The molecule has 0 amide bonds. The Labute approximate surface area is 159 Å². The molecule has 6 heteroatoms. The third kappa shape index (κ3) is 4.06. The van der Waals surface area contributed by atoms with Crippen LogP contribution in [0.25, 0.3) is 0 Å². The molecule has 2 aliphatic rings. The fraction of sp³-hybridized carbons (Fsp3) is 0.524. The largest absolute Gasteiger partial charge is 0.497 e. The van der Waals surface area contributed by atoms with Crippen LogP contribution in [0.5, 0.6) is 5.75 Å². The van der Waals surface area contributed by atoms with E-state index < -0.39 is 0 Å². The zero-order valence-corrected chi connectivity index (χ0v) is 16.0. The summed E-state index contributed by atoms with van der Waals surface area (Å²) in [5.74, 6) is 2.66. The van der Waals surface area contributed by atoms with Crippen LogP contribution in [-0.2, 0) is 4.74 Å². The Bertz CT molecular complexity index is 827. The Kier molecular flexibility index (Phi) is 5.27. The van der Waals surface area contributed by atoms with Gasteiger partial charge in [0.2, 0.25) is 0 Å². The number of benzene rings is 1. The van der Waals surface area contributed by atoms with Crippen LogP contribution < -0.4 is 10.3 Å². The molecule has 0 bridgehead atoms. The van der Waals surface area contributed by atoms with Crippen molar-refractivity contribution in [2.45, 2.75) is 25.2 Å². The number of hydrogen-bond donors (Lipinski definition) is 1. The van der Waals surface area contributed by atoms with Crippen molar-refractivity contribution < 1.29 is 9.47 Å². The highest BCUT2D eigenvalue weighted by Crippen LogP contribution is 2.39. The van der Waals surface area contributed by atoms with Gasteiger partial charge in [-0.1, -0.05) is 12.1 Å². The lowest BCUT2D eigenvalue weighted by atomic mass is 9.86. The van der Waals surface area contributed by atoms with E-state index in [2.05, 4.69) is 27.0 Å². The van der Waals surface area contributed by atoms with E-state index >= 15 is 0 Å². The lowest BCUT2D eigenvalue weighted by molar-refractivity contribution is 0.173. The van der Waals surface area contributed by atoms with E-state index in [4.69, 9.17) is 9.47 Å². The summed E-state index contributed by atoms with van der Waals surface area (Å²) in [6.45, 7) is 6.51. The molecule has 2 saturated heterocycles. The minimum Gasteiger partial charge on any atom is -0.497 e. The lowest BCUT2D eigenvalue weighted by Crippen LogP contribution is -2.28. The first-order valence-corrected chi connectivity index (χ1v) is 9.64. The van der Waals surface area contributed by atoms with Crippen molar-refractivity contribution in [3.63, 3.8) is 0 Å². The first-order chi connectivity index (χ1) is 13.1. The monoisotopic (exact) mass is 369 g/mol. The standard InChI is InChI=1S/C21H27N3O3/c1-14-22-20(9-21(25)23-14)19-12-24(10-15-7-8-27-13-15)11-18(19)16-3-5-17(26-2)6-4-16/h3-6,9,15,18-19H,7-8,10-13H2,1-2H3,(H,22,23,25)/t15-,18+,19-/m1/s1. The van der Waals surface area contributed by atoms with Crippen molar-refractivity contribution in [3.05, 3.63) is 57.8 Å². The van der Waals surface area contributed by atoms with Crippen molar-refractivity contribution in [2.75, 3.05) is 40.0 Å². The molecular formula is C21H27N3O3. The molecule has 0 radical (unpaired) electrons. The molecule has 3 heterocycles. The van der Waals surface area contributed by atoms with Crippen LogP contribution in [0.4, 0.5) is 0 Å². The summed E-state index contributed by atoms with van der Waals surface area (Å²) in [6.07, 6.45) is 1.14. The summed E-state index contributed by atoms with van der Waals surface area (Å²) in [4.78, 5) is 21.9. The average Bonchev–Trinajstić information content (AvgIpc) is 3.31. The molecule has 6 nitrogen and oxygen atoms in total. The summed E-state index contributed by atoms with van der Waals surface area (Å²) in [5.41, 5.74) is 2.08. The van der Waals surface area contributed by atoms with E-state index in [-0.39, 0.29) is 11.5 Å². The fourth-order valence-electron chi connectivity index (χ4n) is 4.41. The van der Waals surface area contributed by atoms with Crippen LogP contribution in [0.3, 0.4) is 0 Å². The first-order valence-electron chi connectivity index (χ1n) is 9.64. The Balaban J connectivity index is 1.62. The third-order valence-corrected chi connectivity index (χ3v) is 5.74. The number of likely N-dealkylation sites (tertiary alicyclic amines) is 1. The van der Waals surface area contributed by atoms with E-state index in [1.807, 2.05) is 19.1 Å². The minimum absolute atomic E-state index is 0.0753. The van der Waals surface area contributed by atoms with Crippen LogP contribution in [0.2, 0.25) is 0 Å². The van der Waals surface area contributed by atoms with Gasteiger partial charge in [-0.05, 0) is 37.0 Å². The number of hydrogen-bond acceptors (Lipinski definition) is 5. The maximum absolute atomic E-state index is 12.0. The van der Waals surface area contributed by atoms with Crippen LogP contribution in [0, 0.1) is 12.8 Å². The second-order valence-electron chi connectivity index (χ2n) is 7.69. The smallest absolute Gasteiger partial charge is 0.251 e. The van der Waals surface area contributed by atoms with Crippen molar-refractivity contribution in [1.82, 2.24) is 14.9 Å². The van der Waals surface area contributed by atoms with Crippen LogP contribution in [0.1, 0.15) is 35.3 Å². The number of aryl methyl sites for hydroxylation is 1.